The van der Waals surface area contributed by atoms with E-state index in [1.807, 2.05) is 26.2 Å². The van der Waals surface area contributed by atoms with Crippen molar-refractivity contribution in [2.45, 2.75) is 88.0 Å². The molecule has 2 unspecified atom stereocenters. The van der Waals surface area contributed by atoms with E-state index in [-0.39, 0.29) is 23.4 Å². The predicted molar refractivity (Wildman–Crippen MR) is 144 cm³/mol. The van der Waals surface area contributed by atoms with E-state index in [2.05, 4.69) is 37.0 Å². The summed E-state index contributed by atoms with van der Waals surface area (Å²) in [6.07, 6.45) is 4.26. The van der Waals surface area contributed by atoms with Crippen molar-refractivity contribution in [3.05, 3.63) is 47.2 Å². The van der Waals surface area contributed by atoms with Gasteiger partial charge in [0.15, 0.2) is 17.7 Å². The van der Waals surface area contributed by atoms with Crippen LogP contribution in [0.4, 0.5) is 0 Å². The Morgan fingerprint density at radius 1 is 1.21 bits per heavy atom. The molecule has 2 saturated carbocycles. The topological polar surface area (TPSA) is 97.9 Å². The first-order chi connectivity index (χ1) is 17.9. The van der Waals surface area contributed by atoms with Crippen LogP contribution in [-0.4, -0.2) is 63.0 Å². The van der Waals surface area contributed by atoms with Crippen molar-refractivity contribution < 1.29 is 28.9 Å². The number of nitrogens with one attached hydrogen (secondary N) is 1. The quantitative estimate of drug-likeness (QED) is 0.566. The summed E-state index contributed by atoms with van der Waals surface area (Å²) in [4.78, 5) is 30.0. The summed E-state index contributed by atoms with van der Waals surface area (Å²) in [7, 11) is 0. The molecule has 7 rings (SSSR count). The first-order valence-electron chi connectivity index (χ1n) is 13.6. The Kier molecular flexibility index (Phi) is 4.93. The monoisotopic (exact) mass is 537 g/mol. The van der Waals surface area contributed by atoms with E-state index < -0.39 is 40.0 Å². The van der Waals surface area contributed by atoms with E-state index in [4.69, 9.17) is 14.2 Å². The molecule has 0 amide bonds. The molecular formula is C30H35NO6S. The van der Waals surface area contributed by atoms with Gasteiger partial charge in [0.1, 0.15) is 17.3 Å². The summed E-state index contributed by atoms with van der Waals surface area (Å²) in [5.74, 6) is -1.45. The van der Waals surface area contributed by atoms with Gasteiger partial charge in [0.25, 0.3) is 0 Å². The van der Waals surface area contributed by atoms with E-state index in [9.17, 15) is 14.7 Å². The maximum Gasteiger partial charge on any atom is 0.316 e. The summed E-state index contributed by atoms with van der Waals surface area (Å²) in [5.41, 5.74) is 0.187. The minimum absolute atomic E-state index is 0.147. The van der Waals surface area contributed by atoms with Crippen LogP contribution in [0.3, 0.4) is 0 Å². The molecular weight excluding hydrogens is 502 g/mol. The summed E-state index contributed by atoms with van der Waals surface area (Å²) in [6.45, 7) is 8.08. The molecule has 1 spiro atoms. The molecule has 3 heterocycles. The molecule has 38 heavy (non-hydrogen) atoms. The van der Waals surface area contributed by atoms with Crippen LogP contribution >= 0.6 is 11.8 Å². The average Bonchev–Trinajstić information content (AvgIpc) is 3.44. The van der Waals surface area contributed by atoms with Gasteiger partial charge in [-0.1, -0.05) is 32.0 Å². The number of ether oxygens (including phenoxy) is 3. The average molecular weight is 538 g/mol. The lowest BCUT2D eigenvalue weighted by molar-refractivity contribution is -0.277. The number of H-pyrrole nitrogens is 1. The minimum atomic E-state index is -1.66. The lowest BCUT2D eigenvalue weighted by Crippen LogP contribution is -2.75. The molecule has 2 aromatic rings. The summed E-state index contributed by atoms with van der Waals surface area (Å²) in [5, 5.41) is 14.4. The molecule has 3 aliphatic carbocycles. The number of aromatic amines is 1. The second-order valence-corrected chi connectivity index (χ2v) is 13.7. The van der Waals surface area contributed by atoms with Gasteiger partial charge in [-0.25, -0.2) is 0 Å². The van der Waals surface area contributed by atoms with Gasteiger partial charge in [0.05, 0.1) is 5.75 Å². The number of carbonyl (C=O) groups is 2. The van der Waals surface area contributed by atoms with E-state index in [1.165, 1.54) is 22.7 Å². The Morgan fingerprint density at radius 2 is 1.97 bits per heavy atom. The zero-order valence-electron chi connectivity index (χ0n) is 22.6. The minimum Gasteiger partial charge on any atom is -0.458 e. The fourth-order valence-electron chi connectivity index (χ4n) is 8.84. The van der Waals surface area contributed by atoms with E-state index in [0.29, 0.717) is 24.8 Å². The van der Waals surface area contributed by atoms with Crippen LogP contribution in [0.25, 0.3) is 10.9 Å². The SMILES string of the molecule is CSCC(=O)O[C@H]1C[C@H]2Cc3c([nH]c4ccccc34)[C@]2(C)C2(C)CC[C@@]34OC(C(=O)C=C3[C@]12O)C(C)(C)O4. The summed E-state index contributed by atoms with van der Waals surface area (Å²) in [6, 6.07) is 8.33. The number of aliphatic hydroxyl groups is 1. The zero-order valence-corrected chi connectivity index (χ0v) is 23.4. The highest BCUT2D eigenvalue weighted by Gasteiger charge is 2.78. The second-order valence-electron chi connectivity index (χ2n) is 12.8. The molecule has 2 bridgehead atoms. The van der Waals surface area contributed by atoms with Gasteiger partial charge in [-0.3, -0.25) is 9.59 Å². The lowest BCUT2D eigenvalue weighted by atomic mass is 9.41. The molecule has 7 nitrogen and oxygen atoms in total. The Bertz CT molecular complexity index is 1430. The van der Waals surface area contributed by atoms with Crippen molar-refractivity contribution in [2.24, 2.45) is 11.3 Å². The molecule has 1 aromatic heterocycles. The number of benzene rings is 1. The number of ketones is 1. The van der Waals surface area contributed by atoms with Crippen LogP contribution < -0.4 is 0 Å². The number of aromatic nitrogens is 1. The third-order valence-electron chi connectivity index (χ3n) is 10.8. The van der Waals surface area contributed by atoms with Crippen LogP contribution in [0.5, 0.6) is 0 Å². The molecule has 202 valence electrons. The van der Waals surface area contributed by atoms with E-state index in [1.54, 1.807) is 6.08 Å². The number of fused-ring (bicyclic) bond motifs is 9. The van der Waals surface area contributed by atoms with Gasteiger partial charge in [-0.15, -0.1) is 0 Å². The van der Waals surface area contributed by atoms with Crippen LogP contribution in [0.15, 0.2) is 35.9 Å². The number of hydrogen-bond donors (Lipinski definition) is 2. The Morgan fingerprint density at radius 3 is 2.74 bits per heavy atom. The van der Waals surface area contributed by atoms with Crippen molar-refractivity contribution in [3.8, 4) is 0 Å². The second kappa shape index (κ2) is 7.53. The van der Waals surface area contributed by atoms with Gasteiger partial charge < -0.3 is 24.3 Å². The van der Waals surface area contributed by atoms with Crippen molar-refractivity contribution in [2.75, 3.05) is 12.0 Å². The number of rotatable bonds is 3. The van der Waals surface area contributed by atoms with E-state index >= 15 is 0 Å². The molecule has 2 aliphatic heterocycles. The molecule has 1 aromatic carbocycles. The number of thioether (sulfide) groups is 1. The Balaban J connectivity index is 1.45. The molecule has 3 fully saturated rings. The maximum absolute atomic E-state index is 13.4. The molecule has 5 aliphatic rings. The normalized spacial score (nSPS) is 42.2. The van der Waals surface area contributed by atoms with Crippen molar-refractivity contribution in [1.29, 1.82) is 0 Å². The molecule has 1 saturated heterocycles. The van der Waals surface area contributed by atoms with Crippen molar-refractivity contribution in [1.82, 2.24) is 4.98 Å². The number of carbonyl (C=O) groups excluding carboxylic acids is 2. The van der Waals surface area contributed by atoms with Crippen LogP contribution in [0, 0.1) is 11.3 Å². The zero-order chi connectivity index (χ0) is 26.9. The van der Waals surface area contributed by atoms with Crippen LogP contribution in [0.2, 0.25) is 0 Å². The van der Waals surface area contributed by atoms with Gasteiger partial charge in [0, 0.05) is 39.4 Å². The predicted octanol–water partition coefficient (Wildman–Crippen LogP) is 4.21. The molecule has 7 atom stereocenters. The molecule has 8 heteroatoms. The third kappa shape index (κ3) is 2.73. The fraction of sp³-hybridized carbons (Fsp3) is 0.600. The standard InChI is InChI=1S/C30H35NO6S/c1-26(2)25-20(32)14-21-29(36-25,37-26)11-10-27(3)28(4)16(13-22(30(21,27)34)35-23(33)15-38-5)12-18-17-8-6-7-9-19(17)31-24(18)28/h6-9,14,16,22,25,31,34H,10-13,15H2,1-5H3/t16-,22+,25?,27?,28-,29+,30+/m1/s1. The number of esters is 1. The largest absolute Gasteiger partial charge is 0.458 e. The highest BCUT2D eigenvalue weighted by Crippen LogP contribution is 2.72. The molecule has 2 N–H and O–H groups in total. The lowest BCUT2D eigenvalue weighted by Gasteiger charge is -2.67. The van der Waals surface area contributed by atoms with Gasteiger partial charge in [0.2, 0.25) is 0 Å². The number of hydrogen-bond acceptors (Lipinski definition) is 7. The van der Waals surface area contributed by atoms with Gasteiger partial charge >= 0.3 is 5.97 Å². The van der Waals surface area contributed by atoms with Crippen molar-refractivity contribution >= 4 is 34.4 Å². The van der Waals surface area contributed by atoms with E-state index in [0.717, 1.165) is 17.6 Å². The third-order valence-corrected chi connectivity index (χ3v) is 11.3. The van der Waals surface area contributed by atoms with Crippen LogP contribution in [0.1, 0.15) is 58.2 Å². The van der Waals surface area contributed by atoms with Crippen LogP contribution in [-0.2, 0) is 35.6 Å². The highest BCUT2D eigenvalue weighted by atomic mass is 32.2. The first-order valence-corrected chi connectivity index (χ1v) is 15.0. The molecule has 0 radical (unpaired) electrons. The highest BCUT2D eigenvalue weighted by molar-refractivity contribution is 7.99. The first kappa shape index (κ1) is 24.9. The fourth-order valence-corrected chi connectivity index (χ4v) is 9.15. The Hall–Kier alpha value is -2.13. The Labute approximate surface area is 226 Å². The van der Waals surface area contributed by atoms with Gasteiger partial charge in [-0.05, 0) is 63.0 Å². The van der Waals surface area contributed by atoms with Crippen molar-refractivity contribution in [3.63, 3.8) is 0 Å². The van der Waals surface area contributed by atoms with Gasteiger partial charge in [-0.2, -0.15) is 11.8 Å². The summed E-state index contributed by atoms with van der Waals surface area (Å²) >= 11 is 1.39. The number of para-hydroxylation sites is 1. The maximum atomic E-state index is 13.4. The smallest absolute Gasteiger partial charge is 0.316 e. The summed E-state index contributed by atoms with van der Waals surface area (Å²) < 4.78 is 19.1.